The summed E-state index contributed by atoms with van der Waals surface area (Å²) in [5.41, 5.74) is 1.31. The standard InChI is InChI=1S/C21H30N2O3S/c1-14(2)16-5-7-19(8-6-16)27-13-20(24)22-17-9-18(10-17)23(12-21(25)26)11-15-3-4-15/h5-8,14-15,17-18H,3-4,9-13H2,1-2H3,(H,22,24)(H,25,26). The average molecular weight is 391 g/mol. The van der Waals surface area contributed by atoms with Crippen LogP contribution in [0.4, 0.5) is 0 Å². The Kier molecular flexibility index (Phi) is 6.82. The molecule has 2 saturated carbocycles. The van der Waals surface area contributed by atoms with Crippen LogP contribution in [-0.4, -0.2) is 52.8 Å². The number of rotatable bonds is 10. The van der Waals surface area contributed by atoms with Crippen LogP contribution in [0.2, 0.25) is 0 Å². The van der Waals surface area contributed by atoms with E-state index in [2.05, 4.69) is 48.3 Å². The summed E-state index contributed by atoms with van der Waals surface area (Å²) in [6, 6.07) is 8.88. The van der Waals surface area contributed by atoms with Gasteiger partial charge in [0.05, 0.1) is 12.3 Å². The van der Waals surface area contributed by atoms with Crippen molar-refractivity contribution in [3.63, 3.8) is 0 Å². The minimum atomic E-state index is -0.761. The highest BCUT2D eigenvalue weighted by molar-refractivity contribution is 8.00. The molecule has 0 bridgehead atoms. The summed E-state index contributed by atoms with van der Waals surface area (Å²) < 4.78 is 0. The lowest BCUT2D eigenvalue weighted by atomic mass is 9.85. The normalized spacial score (nSPS) is 21.9. The Hall–Kier alpha value is -1.53. The number of carboxylic acids is 1. The van der Waals surface area contributed by atoms with Gasteiger partial charge in [0.2, 0.25) is 5.91 Å². The van der Waals surface area contributed by atoms with Gasteiger partial charge in [0, 0.05) is 23.5 Å². The maximum atomic E-state index is 12.2. The topological polar surface area (TPSA) is 69.6 Å². The summed E-state index contributed by atoms with van der Waals surface area (Å²) in [4.78, 5) is 26.5. The zero-order valence-corrected chi connectivity index (χ0v) is 17.0. The van der Waals surface area contributed by atoms with Gasteiger partial charge in [-0.25, -0.2) is 0 Å². The molecule has 0 aromatic heterocycles. The summed E-state index contributed by atoms with van der Waals surface area (Å²) in [6.07, 6.45) is 4.16. The highest BCUT2D eigenvalue weighted by Gasteiger charge is 2.37. The van der Waals surface area contributed by atoms with E-state index in [0.717, 1.165) is 24.3 Å². The minimum Gasteiger partial charge on any atom is -0.480 e. The molecule has 2 N–H and O–H groups in total. The summed E-state index contributed by atoms with van der Waals surface area (Å²) in [6.45, 7) is 5.34. The summed E-state index contributed by atoms with van der Waals surface area (Å²) in [5.74, 6) is 0.908. The highest BCUT2D eigenvalue weighted by Crippen LogP contribution is 2.33. The van der Waals surface area contributed by atoms with Crippen molar-refractivity contribution in [1.29, 1.82) is 0 Å². The predicted octanol–water partition coefficient (Wildman–Crippen LogP) is 3.35. The molecule has 5 nitrogen and oxygen atoms in total. The van der Waals surface area contributed by atoms with E-state index < -0.39 is 5.97 Å². The third kappa shape index (κ3) is 6.25. The van der Waals surface area contributed by atoms with Crippen LogP contribution in [-0.2, 0) is 9.59 Å². The molecule has 0 atom stereocenters. The molecule has 2 fully saturated rings. The quantitative estimate of drug-likeness (QED) is 0.600. The van der Waals surface area contributed by atoms with E-state index in [1.54, 1.807) is 11.8 Å². The molecule has 2 aliphatic rings. The second kappa shape index (κ2) is 9.11. The number of carbonyl (C=O) groups is 2. The van der Waals surface area contributed by atoms with E-state index in [-0.39, 0.29) is 18.5 Å². The van der Waals surface area contributed by atoms with Gasteiger partial charge in [0.25, 0.3) is 0 Å². The number of nitrogens with zero attached hydrogens (tertiary/aromatic N) is 1. The van der Waals surface area contributed by atoms with Crippen molar-refractivity contribution in [2.24, 2.45) is 5.92 Å². The predicted molar refractivity (Wildman–Crippen MR) is 108 cm³/mol. The molecule has 3 rings (SSSR count). The molecule has 1 amide bonds. The van der Waals surface area contributed by atoms with Crippen molar-refractivity contribution in [2.75, 3.05) is 18.8 Å². The number of aliphatic carboxylic acids is 1. The lowest BCUT2D eigenvalue weighted by Gasteiger charge is -2.42. The van der Waals surface area contributed by atoms with Crippen LogP contribution in [0.25, 0.3) is 0 Å². The van der Waals surface area contributed by atoms with Gasteiger partial charge in [-0.05, 0) is 55.2 Å². The van der Waals surface area contributed by atoms with Crippen molar-refractivity contribution < 1.29 is 14.7 Å². The van der Waals surface area contributed by atoms with Crippen LogP contribution in [0.1, 0.15) is 51.0 Å². The largest absolute Gasteiger partial charge is 0.480 e. The Morgan fingerprint density at radius 3 is 2.44 bits per heavy atom. The van der Waals surface area contributed by atoms with E-state index in [1.165, 1.54) is 18.4 Å². The number of thioether (sulfide) groups is 1. The first-order valence-corrected chi connectivity index (χ1v) is 10.9. The van der Waals surface area contributed by atoms with Gasteiger partial charge < -0.3 is 10.4 Å². The minimum absolute atomic E-state index is 0.0587. The monoisotopic (exact) mass is 390 g/mol. The zero-order valence-electron chi connectivity index (χ0n) is 16.2. The molecule has 6 heteroatoms. The van der Waals surface area contributed by atoms with Crippen LogP contribution >= 0.6 is 11.8 Å². The molecule has 27 heavy (non-hydrogen) atoms. The second-order valence-electron chi connectivity index (χ2n) is 8.17. The summed E-state index contributed by atoms with van der Waals surface area (Å²) >= 11 is 1.56. The number of benzene rings is 1. The molecule has 0 saturated heterocycles. The first-order chi connectivity index (χ1) is 12.9. The van der Waals surface area contributed by atoms with Crippen molar-refractivity contribution in [3.05, 3.63) is 29.8 Å². The lowest BCUT2D eigenvalue weighted by Crippen LogP contribution is -2.55. The fraction of sp³-hybridized carbons (Fsp3) is 0.619. The highest BCUT2D eigenvalue weighted by atomic mass is 32.2. The van der Waals surface area contributed by atoms with Crippen LogP contribution < -0.4 is 5.32 Å². The summed E-state index contributed by atoms with van der Waals surface area (Å²) in [7, 11) is 0. The number of hydrogen-bond donors (Lipinski definition) is 2. The smallest absolute Gasteiger partial charge is 0.317 e. The molecule has 0 aliphatic heterocycles. The van der Waals surface area contributed by atoms with E-state index in [0.29, 0.717) is 23.6 Å². The maximum Gasteiger partial charge on any atom is 0.317 e. The molecule has 0 unspecified atom stereocenters. The van der Waals surface area contributed by atoms with E-state index in [1.807, 2.05) is 0 Å². The van der Waals surface area contributed by atoms with Crippen LogP contribution in [0, 0.1) is 5.92 Å². The first kappa shape index (κ1) is 20.2. The zero-order chi connectivity index (χ0) is 19.4. The number of nitrogens with one attached hydrogen (secondary N) is 1. The van der Waals surface area contributed by atoms with Gasteiger partial charge in [-0.2, -0.15) is 0 Å². The van der Waals surface area contributed by atoms with Crippen molar-refractivity contribution >= 4 is 23.6 Å². The number of hydrogen-bond acceptors (Lipinski definition) is 4. The molecule has 2 aliphatic carbocycles. The van der Waals surface area contributed by atoms with Gasteiger partial charge in [0.15, 0.2) is 0 Å². The molecule has 1 aromatic carbocycles. The molecule has 0 radical (unpaired) electrons. The molecular weight excluding hydrogens is 360 g/mol. The van der Waals surface area contributed by atoms with Gasteiger partial charge in [0.1, 0.15) is 0 Å². The van der Waals surface area contributed by atoms with Gasteiger partial charge in [-0.15, -0.1) is 11.8 Å². The molecule has 1 aromatic rings. The number of carboxylic acid groups (broad SMARTS) is 1. The van der Waals surface area contributed by atoms with Crippen LogP contribution in [0.3, 0.4) is 0 Å². The van der Waals surface area contributed by atoms with E-state index >= 15 is 0 Å². The van der Waals surface area contributed by atoms with Gasteiger partial charge in [-0.1, -0.05) is 26.0 Å². The Morgan fingerprint density at radius 1 is 1.22 bits per heavy atom. The third-order valence-corrected chi connectivity index (χ3v) is 6.45. The van der Waals surface area contributed by atoms with Gasteiger partial charge in [-0.3, -0.25) is 14.5 Å². The van der Waals surface area contributed by atoms with Crippen LogP contribution in [0.5, 0.6) is 0 Å². The molecule has 0 heterocycles. The Bertz CT molecular complexity index is 652. The number of amides is 1. The van der Waals surface area contributed by atoms with Crippen molar-refractivity contribution in [1.82, 2.24) is 10.2 Å². The van der Waals surface area contributed by atoms with Crippen molar-refractivity contribution in [2.45, 2.75) is 62.4 Å². The molecule has 148 valence electrons. The first-order valence-electron chi connectivity index (χ1n) is 9.88. The Labute approximate surface area is 165 Å². The number of carbonyl (C=O) groups excluding carboxylic acids is 1. The van der Waals surface area contributed by atoms with E-state index in [9.17, 15) is 9.59 Å². The SMILES string of the molecule is CC(C)c1ccc(SCC(=O)NC2CC(N(CC(=O)O)CC3CC3)C2)cc1. The fourth-order valence-electron chi connectivity index (χ4n) is 3.52. The average Bonchev–Trinajstić information content (AvgIpc) is 3.39. The summed E-state index contributed by atoms with van der Waals surface area (Å²) in [5, 5.41) is 12.2. The maximum absolute atomic E-state index is 12.2. The Balaban J connectivity index is 1.37. The van der Waals surface area contributed by atoms with Crippen LogP contribution in [0.15, 0.2) is 29.2 Å². The molecule has 0 spiro atoms. The van der Waals surface area contributed by atoms with Crippen molar-refractivity contribution in [3.8, 4) is 0 Å². The lowest BCUT2D eigenvalue weighted by molar-refractivity contribution is -0.140. The fourth-order valence-corrected chi connectivity index (χ4v) is 4.23. The Morgan fingerprint density at radius 2 is 1.89 bits per heavy atom. The second-order valence-corrected chi connectivity index (χ2v) is 9.22. The third-order valence-electron chi connectivity index (χ3n) is 5.44. The van der Waals surface area contributed by atoms with E-state index in [4.69, 9.17) is 5.11 Å². The van der Waals surface area contributed by atoms with Gasteiger partial charge >= 0.3 is 5.97 Å². The molecular formula is C21H30N2O3S.